The van der Waals surface area contributed by atoms with Crippen molar-refractivity contribution in [2.45, 2.75) is 12.5 Å². The summed E-state index contributed by atoms with van der Waals surface area (Å²) in [5.41, 5.74) is 1.31. The third-order valence-corrected chi connectivity index (χ3v) is 2.23. The summed E-state index contributed by atoms with van der Waals surface area (Å²) >= 11 is 5.72. The van der Waals surface area contributed by atoms with Gasteiger partial charge in [0.2, 0.25) is 0 Å². The quantitative estimate of drug-likeness (QED) is 0.715. The summed E-state index contributed by atoms with van der Waals surface area (Å²) in [7, 11) is 4.15. The van der Waals surface area contributed by atoms with Crippen LogP contribution < -0.4 is 0 Å². The van der Waals surface area contributed by atoms with Gasteiger partial charge in [-0.1, -0.05) is 0 Å². The van der Waals surface area contributed by atoms with Gasteiger partial charge < -0.3 is 9.88 Å². The third kappa shape index (κ3) is 2.26. The summed E-state index contributed by atoms with van der Waals surface area (Å²) in [5.74, 6) is 0.702. The van der Waals surface area contributed by atoms with Crippen LogP contribution in [0.4, 0.5) is 0 Å². The van der Waals surface area contributed by atoms with Crippen LogP contribution in [0.1, 0.15) is 18.0 Å². The smallest absolute Gasteiger partial charge is 0.0368 e. The molecule has 68 valence electrons. The van der Waals surface area contributed by atoms with Gasteiger partial charge in [-0.2, -0.15) is 0 Å². The van der Waals surface area contributed by atoms with Gasteiger partial charge >= 0.3 is 0 Å². The summed E-state index contributed by atoms with van der Waals surface area (Å²) in [5, 5.41) is 0. The predicted octanol–water partition coefficient (Wildman–Crippen LogP) is 2.25. The average Bonchev–Trinajstić information content (AvgIpc) is 2.51. The first kappa shape index (κ1) is 9.62. The van der Waals surface area contributed by atoms with E-state index in [2.05, 4.69) is 30.0 Å². The number of nitrogens with zero attached hydrogens (tertiary/aromatic N) is 1. The van der Waals surface area contributed by atoms with E-state index in [0.717, 1.165) is 6.42 Å². The van der Waals surface area contributed by atoms with Crippen molar-refractivity contribution in [3.8, 4) is 0 Å². The molecule has 1 aromatic rings. The van der Waals surface area contributed by atoms with Gasteiger partial charge in [0.1, 0.15) is 0 Å². The van der Waals surface area contributed by atoms with Crippen LogP contribution in [-0.2, 0) is 0 Å². The second kappa shape index (κ2) is 4.53. The van der Waals surface area contributed by atoms with E-state index in [-0.39, 0.29) is 0 Å². The molecule has 1 heterocycles. The molecule has 1 atom stereocenters. The van der Waals surface area contributed by atoms with E-state index in [1.807, 2.05) is 12.4 Å². The molecule has 0 bridgehead atoms. The van der Waals surface area contributed by atoms with E-state index in [1.54, 1.807) is 0 Å². The maximum Gasteiger partial charge on any atom is 0.0368 e. The van der Waals surface area contributed by atoms with Gasteiger partial charge in [-0.05, 0) is 32.1 Å². The van der Waals surface area contributed by atoms with Gasteiger partial charge in [0, 0.05) is 24.3 Å². The van der Waals surface area contributed by atoms with Crippen molar-refractivity contribution in [3.63, 3.8) is 0 Å². The minimum atomic E-state index is 0.439. The van der Waals surface area contributed by atoms with Crippen LogP contribution in [0.5, 0.6) is 0 Å². The molecule has 0 saturated carbocycles. The Hall–Kier alpha value is -0.470. The van der Waals surface area contributed by atoms with Gasteiger partial charge in [-0.3, -0.25) is 0 Å². The zero-order valence-corrected chi connectivity index (χ0v) is 8.30. The number of hydrogen-bond donors (Lipinski definition) is 1. The molecule has 1 unspecified atom stereocenters. The number of aromatic amines is 1. The van der Waals surface area contributed by atoms with Crippen LogP contribution in [0.25, 0.3) is 0 Å². The van der Waals surface area contributed by atoms with E-state index in [1.165, 1.54) is 5.56 Å². The lowest BCUT2D eigenvalue weighted by atomic mass is 10.1. The van der Waals surface area contributed by atoms with E-state index >= 15 is 0 Å². The van der Waals surface area contributed by atoms with Crippen LogP contribution in [0.15, 0.2) is 18.5 Å². The zero-order valence-electron chi connectivity index (χ0n) is 7.55. The molecule has 0 fully saturated rings. The minimum absolute atomic E-state index is 0.439. The van der Waals surface area contributed by atoms with Crippen molar-refractivity contribution in [2.75, 3.05) is 20.0 Å². The first-order valence-electron chi connectivity index (χ1n) is 4.10. The topological polar surface area (TPSA) is 19.0 Å². The lowest BCUT2D eigenvalue weighted by Gasteiger charge is -2.22. The molecule has 3 heteroatoms. The number of halogens is 1. The number of nitrogens with one attached hydrogen (secondary N) is 1. The normalized spacial score (nSPS) is 13.7. The predicted molar refractivity (Wildman–Crippen MR) is 52.6 cm³/mol. The number of aromatic nitrogens is 1. The molecule has 0 aliphatic heterocycles. The Balaban J connectivity index is 2.66. The maximum absolute atomic E-state index is 5.72. The fourth-order valence-electron chi connectivity index (χ4n) is 1.37. The van der Waals surface area contributed by atoms with Crippen molar-refractivity contribution in [3.05, 3.63) is 24.0 Å². The Bertz CT molecular complexity index is 206. The zero-order chi connectivity index (χ0) is 8.97. The monoisotopic (exact) mass is 186 g/mol. The van der Waals surface area contributed by atoms with Crippen LogP contribution in [-0.4, -0.2) is 29.9 Å². The first-order valence-corrected chi connectivity index (χ1v) is 4.64. The molecule has 2 nitrogen and oxygen atoms in total. The maximum atomic E-state index is 5.72. The number of H-pyrrole nitrogens is 1. The molecule has 0 saturated heterocycles. The molecule has 0 aliphatic carbocycles. The summed E-state index contributed by atoms with van der Waals surface area (Å²) < 4.78 is 0. The Labute approximate surface area is 78.5 Å². The fourth-order valence-corrected chi connectivity index (χ4v) is 1.58. The number of hydrogen-bond acceptors (Lipinski definition) is 1. The molecule has 0 aliphatic rings. The highest BCUT2D eigenvalue weighted by Gasteiger charge is 2.12. The van der Waals surface area contributed by atoms with Gasteiger partial charge in [0.15, 0.2) is 0 Å². The highest BCUT2D eigenvalue weighted by Crippen LogP contribution is 2.21. The van der Waals surface area contributed by atoms with Gasteiger partial charge in [-0.25, -0.2) is 0 Å². The van der Waals surface area contributed by atoms with E-state index < -0.39 is 0 Å². The van der Waals surface area contributed by atoms with Crippen LogP contribution >= 0.6 is 11.6 Å². The van der Waals surface area contributed by atoms with Crippen molar-refractivity contribution < 1.29 is 0 Å². The second-order valence-corrected chi connectivity index (χ2v) is 3.48. The molecular weight excluding hydrogens is 172 g/mol. The lowest BCUT2D eigenvalue weighted by molar-refractivity contribution is 0.293. The van der Waals surface area contributed by atoms with Crippen molar-refractivity contribution in [2.24, 2.45) is 0 Å². The van der Waals surface area contributed by atoms with Crippen molar-refractivity contribution >= 4 is 11.6 Å². The van der Waals surface area contributed by atoms with Gasteiger partial charge in [0.25, 0.3) is 0 Å². The highest BCUT2D eigenvalue weighted by molar-refractivity contribution is 6.17. The fraction of sp³-hybridized carbons (Fsp3) is 0.556. The number of alkyl halides is 1. The van der Waals surface area contributed by atoms with Gasteiger partial charge in [-0.15, -0.1) is 11.6 Å². The Morgan fingerprint density at radius 1 is 1.58 bits per heavy atom. The summed E-state index contributed by atoms with van der Waals surface area (Å²) in [6, 6.07) is 2.53. The van der Waals surface area contributed by atoms with E-state index in [0.29, 0.717) is 11.9 Å². The highest BCUT2D eigenvalue weighted by atomic mass is 35.5. The molecule has 0 spiro atoms. The average molecular weight is 187 g/mol. The third-order valence-electron chi connectivity index (χ3n) is 2.01. The van der Waals surface area contributed by atoms with Crippen molar-refractivity contribution in [1.82, 2.24) is 9.88 Å². The molecule has 12 heavy (non-hydrogen) atoms. The van der Waals surface area contributed by atoms with Crippen LogP contribution in [0, 0.1) is 0 Å². The SMILES string of the molecule is CN(C)C(CCCl)c1cc[nH]c1. The molecule has 0 radical (unpaired) electrons. The standard InChI is InChI=1S/C9H15ClN2/c1-12(2)9(3-5-10)8-4-6-11-7-8/h4,6-7,9,11H,3,5H2,1-2H3. The largest absolute Gasteiger partial charge is 0.367 e. The first-order chi connectivity index (χ1) is 5.75. The molecule has 1 N–H and O–H groups in total. The Kier molecular flexibility index (Phi) is 3.63. The van der Waals surface area contributed by atoms with E-state index in [4.69, 9.17) is 11.6 Å². The molecular formula is C9H15ClN2. The summed E-state index contributed by atoms with van der Waals surface area (Å²) in [6.45, 7) is 0. The van der Waals surface area contributed by atoms with Crippen LogP contribution in [0.2, 0.25) is 0 Å². The lowest BCUT2D eigenvalue weighted by Crippen LogP contribution is -2.19. The molecule has 0 amide bonds. The summed E-state index contributed by atoms with van der Waals surface area (Å²) in [6.07, 6.45) is 4.96. The molecule has 1 aromatic heterocycles. The number of rotatable bonds is 4. The van der Waals surface area contributed by atoms with E-state index in [9.17, 15) is 0 Å². The summed E-state index contributed by atoms with van der Waals surface area (Å²) in [4.78, 5) is 5.24. The molecule has 1 rings (SSSR count). The second-order valence-electron chi connectivity index (χ2n) is 3.10. The van der Waals surface area contributed by atoms with Crippen LogP contribution in [0.3, 0.4) is 0 Å². The minimum Gasteiger partial charge on any atom is -0.367 e. The molecule has 0 aromatic carbocycles. The van der Waals surface area contributed by atoms with Gasteiger partial charge in [0.05, 0.1) is 0 Å². The Morgan fingerprint density at radius 3 is 2.75 bits per heavy atom. The van der Waals surface area contributed by atoms with Crippen molar-refractivity contribution in [1.29, 1.82) is 0 Å². The Morgan fingerprint density at radius 2 is 2.33 bits per heavy atom.